The zero-order valence-corrected chi connectivity index (χ0v) is 10.6. The Labute approximate surface area is 117 Å². The maximum atomic E-state index is 13.4. The molecule has 3 rings (SSSR count). The van der Waals surface area contributed by atoms with Crippen molar-refractivity contribution >= 4 is 12.1 Å². The van der Waals surface area contributed by atoms with Crippen LogP contribution in [0.2, 0.25) is 0 Å². The summed E-state index contributed by atoms with van der Waals surface area (Å²) in [5, 5.41) is 5.91. The highest BCUT2D eigenvalue weighted by atomic mass is 19.3. The van der Waals surface area contributed by atoms with Crippen LogP contribution in [0.3, 0.4) is 0 Å². The van der Waals surface area contributed by atoms with E-state index in [4.69, 9.17) is 4.52 Å². The number of hydrogen-bond donors (Lipinski definition) is 1. The van der Waals surface area contributed by atoms with E-state index >= 15 is 0 Å². The third-order valence-corrected chi connectivity index (χ3v) is 3.32. The number of benzene rings is 1. The Hall–Kier alpha value is -2.38. The van der Waals surface area contributed by atoms with E-state index in [9.17, 15) is 18.0 Å². The molecule has 5 nitrogen and oxygen atoms in total. The van der Waals surface area contributed by atoms with Crippen molar-refractivity contribution in [2.24, 2.45) is 0 Å². The fourth-order valence-corrected chi connectivity index (χ4v) is 2.19. The predicted molar refractivity (Wildman–Crippen MR) is 66.3 cm³/mol. The zero-order valence-electron chi connectivity index (χ0n) is 10.6. The lowest BCUT2D eigenvalue weighted by Crippen LogP contribution is -2.33. The second kappa shape index (κ2) is 4.87. The van der Waals surface area contributed by atoms with E-state index in [1.54, 1.807) is 0 Å². The van der Waals surface area contributed by atoms with Gasteiger partial charge in [-0.3, -0.25) is 4.79 Å². The Morgan fingerprint density at radius 1 is 1.38 bits per heavy atom. The maximum absolute atomic E-state index is 13.4. The van der Waals surface area contributed by atoms with Crippen molar-refractivity contribution in [3.8, 4) is 11.4 Å². The van der Waals surface area contributed by atoms with Crippen LogP contribution in [0, 0.1) is 5.82 Å². The summed E-state index contributed by atoms with van der Waals surface area (Å²) in [5.74, 6) is -3.42. The van der Waals surface area contributed by atoms with Gasteiger partial charge in [0.2, 0.25) is 24.0 Å². The largest absolute Gasteiger partial charge is 0.339 e. The molecule has 0 bridgehead atoms. The molecule has 0 radical (unpaired) electrons. The molecule has 1 aromatic carbocycles. The number of anilines is 1. The van der Waals surface area contributed by atoms with Crippen molar-refractivity contribution in [3.05, 3.63) is 29.9 Å². The summed E-state index contributed by atoms with van der Waals surface area (Å²) in [4.78, 5) is 14.4. The smallest absolute Gasteiger partial charge is 0.249 e. The molecular formula is C13H10F3N3O2. The molecular weight excluding hydrogens is 287 g/mol. The highest BCUT2D eigenvalue weighted by Crippen LogP contribution is 2.47. The number of aromatic nitrogens is 2. The standard InChI is InChI=1S/C13H10F3N3O2/c14-9-2-1-7(3-10(9)17-6-20)11-18-12(21-19-11)8-4-13(15,16)5-8/h1-3,6,8H,4-5H2,(H,17,20). The van der Waals surface area contributed by atoms with E-state index in [0.29, 0.717) is 12.0 Å². The zero-order chi connectivity index (χ0) is 15.0. The topological polar surface area (TPSA) is 68.0 Å². The summed E-state index contributed by atoms with van der Waals surface area (Å²) in [6.45, 7) is 0. The molecule has 1 aliphatic carbocycles. The van der Waals surface area contributed by atoms with Crippen LogP contribution in [-0.4, -0.2) is 22.5 Å². The maximum Gasteiger partial charge on any atom is 0.249 e. The van der Waals surface area contributed by atoms with Crippen molar-refractivity contribution in [2.75, 3.05) is 5.32 Å². The molecule has 21 heavy (non-hydrogen) atoms. The first-order valence-corrected chi connectivity index (χ1v) is 6.20. The number of carbonyl (C=O) groups is 1. The van der Waals surface area contributed by atoms with E-state index in [2.05, 4.69) is 15.5 Å². The van der Waals surface area contributed by atoms with Gasteiger partial charge in [-0.05, 0) is 18.2 Å². The van der Waals surface area contributed by atoms with Crippen LogP contribution in [0.15, 0.2) is 22.7 Å². The fraction of sp³-hybridized carbons (Fsp3) is 0.308. The van der Waals surface area contributed by atoms with Crippen molar-refractivity contribution in [2.45, 2.75) is 24.7 Å². The summed E-state index contributed by atoms with van der Waals surface area (Å²) in [5.41, 5.74) is 0.394. The average Bonchev–Trinajstić information content (AvgIpc) is 2.88. The number of nitrogens with zero attached hydrogens (tertiary/aromatic N) is 2. The van der Waals surface area contributed by atoms with Crippen LogP contribution in [0.1, 0.15) is 24.7 Å². The molecule has 8 heteroatoms. The van der Waals surface area contributed by atoms with Crippen LogP contribution >= 0.6 is 0 Å². The van der Waals surface area contributed by atoms with Crippen molar-refractivity contribution in [1.82, 2.24) is 10.1 Å². The van der Waals surface area contributed by atoms with Gasteiger partial charge in [0.25, 0.3) is 0 Å². The Morgan fingerprint density at radius 2 is 2.14 bits per heavy atom. The number of amides is 1. The molecule has 0 aliphatic heterocycles. The monoisotopic (exact) mass is 297 g/mol. The number of alkyl halides is 2. The van der Waals surface area contributed by atoms with Gasteiger partial charge in [-0.15, -0.1) is 0 Å². The van der Waals surface area contributed by atoms with E-state index in [1.807, 2.05) is 0 Å². The second-order valence-corrected chi connectivity index (χ2v) is 4.87. The molecule has 1 heterocycles. The SMILES string of the molecule is O=CNc1cc(-c2noc(C3CC(F)(F)C3)n2)ccc1F. The first-order chi connectivity index (χ1) is 9.98. The van der Waals surface area contributed by atoms with Crippen molar-refractivity contribution < 1.29 is 22.5 Å². The summed E-state index contributed by atoms with van der Waals surface area (Å²) in [7, 11) is 0. The number of rotatable bonds is 4. The minimum Gasteiger partial charge on any atom is -0.339 e. The van der Waals surface area contributed by atoms with E-state index in [-0.39, 0.29) is 30.2 Å². The van der Waals surface area contributed by atoms with Gasteiger partial charge in [0, 0.05) is 24.3 Å². The lowest BCUT2D eigenvalue weighted by Gasteiger charge is -2.31. The molecule has 0 atom stereocenters. The average molecular weight is 297 g/mol. The Morgan fingerprint density at radius 3 is 2.81 bits per heavy atom. The molecule has 1 amide bonds. The van der Waals surface area contributed by atoms with Gasteiger partial charge in [-0.1, -0.05) is 5.16 Å². The minimum atomic E-state index is -2.67. The fourth-order valence-electron chi connectivity index (χ4n) is 2.19. The number of hydrogen-bond acceptors (Lipinski definition) is 4. The van der Waals surface area contributed by atoms with Crippen molar-refractivity contribution in [3.63, 3.8) is 0 Å². The van der Waals surface area contributed by atoms with Gasteiger partial charge in [0.1, 0.15) is 5.82 Å². The summed E-state index contributed by atoms with van der Waals surface area (Å²) in [6.07, 6.45) is -0.272. The van der Waals surface area contributed by atoms with Gasteiger partial charge in [0.15, 0.2) is 0 Å². The first kappa shape index (κ1) is 13.6. The Kier molecular flexibility index (Phi) is 3.15. The Balaban J connectivity index is 1.83. The number of halogens is 3. The molecule has 0 saturated heterocycles. The predicted octanol–water partition coefficient (Wildman–Crippen LogP) is 2.96. The normalized spacial score (nSPS) is 17.3. The highest BCUT2D eigenvalue weighted by molar-refractivity contribution is 5.74. The van der Waals surface area contributed by atoms with E-state index in [1.165, 1.54) is 12.1 Å². The van der Waals surface area contributed by atoms with Crippen molar-refractivity contribution in [1.29, 1.82) is 0 Å². The number of nitrogens with one attached hydrogen (secondary N) is 1. The van der Waals surface area contributed by atoms with Gasteiger partial charge in [-0.25, -0.2) is 13.2 Å². The summed E-state index contributed by atoms with van der Waals surface area (Å²) < 4.78 is 44.0. The van der Waals surface area contributed by atoms with Crippen LogP contribution < -0.4 is 5.32 Å². The van der Waals surface area contributed by atoms with Gasteiger partial charge >= 0.3 is 0 Å². The molecule has 0 spiro atoms. The molecule has 1 saturated carbocycles. The molecule has 110 valence electrons. The van der Waals surface area contributed by atoms with Crippen LogP contribution in [0.5, 0.6) is 0 Å². The van der Waals surface area contributed by atoms with Gasteiger partial charge < -0.3 is 9.84 Å². The van der Waals surface area contributed by atoms with Crippen LogP contribution in [0.25, 0.3) is 11.4 Å². The molecule has 2 aromatic rings. The molecule has 0 unspecified atom stereocenters. The second-order valence-electron chi connectivity index (χ2n) is 4.87. The van der Waals surface area contributed by atoms with E-state index < -0.39 is 17.7 Å². The van der Waals surface area contributed by atoms with Crippen LogP contribution in [-0.2, 0) is 4.79 Å². The first-order valence-electron chi connectivity index (χ1n) is 6.20. The lowest BCUT2D eigenvalue weighted by atomic mass is 9.81. The highest BCUT2D eigenvalue weighted by Gasteiger charge is 2.48. The molecule has 1 fully saturated rings. The lowest BCUT2D eigenvalue weighted by molar-refractivity contribution is -0.105. The summed E-state index contributed by atoms with van der Waals surface area (Å²) in [6, 6.07) is 3.90. The van der Waals surface area contributed by atoms with E-state index in [0.717, 1.165) is 6.07 Å². The third-order valence-electron chi connectivity index (χ3n) is 3.32. The molecule has 1 aromatic heterocycles. The van der Waals surface area contributed by atoms with Gasteiger partial charge in [-0.2, -0.15) is 4.98 Å². The third kappa shape index (κ3) is 2.61. The molecule has 1 N–H and O–H groups in total. The number of carbonyl (C=O) groups excluding carboxylic acids is 1. The van der Waals surface area contributed by atoms with Crippen LogP contribution in [0.4, 0.5) is 18.9 Å². The summed E-state index contributed by atoms with van der Waals surface area (Å²) >= 11 is 0. The molecule has 1 aliphatic rings. The minimum absolute atomic E-state index is 0.0240. The Bertz CT molecular complexity index is 679. The quantitative estimate of drug-likeness (QED) is 0.881. The van der Waals surface area contributed by atoms with Gasteiger partial charge in [0.05, 0.1) is 5.69 Å².